The molecule has 1 saturated heterocycles. The minimum atomic E-state index is 0.468. The molecule has 0 aromatic carbocycles. The predicted molar refractivity (Wildman–Crippen MR) is 53.1 cm³/mol. The topological polar surface area (TPSA) is 42.2 Å². The number of nitrogens with zero attached hydrogens (tertiary/aromatic N) is 3. The molecule has 0 N–H and O–H groups in total. The minimum absolute atomic E-state index is 0.468. The summed E-state index contributed by atoms with van der Waals surface area (Å²) in [4.78, 5) is 6.67. The van der Waals surface area contributed by atoms with Crippen LogP contribution in [0.1, 0.15) is 31.5 Å². The van der Waals surface area contributed by atoms with E-state index in [1.165, 1.54) is 6.54 Å². The predicted octanol–water partition coefficient (Wildman–Crippen LogP) is 1.43. The van der Waals surface area contributed by atoms with Crippen molar-refractivity contribution in [3.05, 3.63) is 11.7 Å². The first-order valence-electron chi connectivity index (χ1n) is 5.17. The summed E-state index contributed by atoms with van der Waals surface area (Å²) in [6, 6.07) is 0. The van der Waals surface area contributed by atoms with Gasteiger partial charge in [0.05, 0.1) is 5.92 Å². The van der Waals surface area contributed by atoms with Gasteiger partial charge in [-0.2, -0.15) is 4.98 Å². The van der Waals surface area contributed by atoms with Crippen molar-refractivity contribution in [1.29, 1.82) is 0 Å². The highest BCUT2D eigenvalue weighted by molar-refractivity contribution is 5.01. The SMILES string of the molecule is Cc1noc(C2CN(CC(C)C)C2)n1. The van der Waals surface area contributed by atoms with Crippen LogP contribution in [0.4, 0.5) is 0 Å². The molecule has 4 nitrogen and oxygen atoms in total. The Hall–Kier alpha value is -0.900. The van der Waals surface area contributed by atoms with Gasteiger partial charge in [0.2, 0.25) is 5.89 Å². The van der Waals surface area contributed by atoms with Crippen molar-refractivity contribution in [3.8, 4) is 0 Å². The molecule has 1 fully saturated rings. The van der Waals surface area contributed by atoms with Gasteiger partial charge in [-0.05, 0) is 12.8 Å². The number of aromatic nitrogens is 2. The van der Waals surface area contributed by atoms with Crippen LogP contribution in [-0.4, -0.2) is 34.7 Å². The third kappa shape index (κ3) is 1.95. The molecule has 2 heterocycles. The molecular weight excluding hydrogens is 178 g/mol. The number of rotatable bonds is 3. The fourth-order valence-corrected chi connectivity index (χ4v) is 1.87. The number of likely N-dealkylation sites (tertiary alicyclic amines) is 1. The molecular formula is C10H17N3O. The van der Waals surface area contributed by atoms with E-state index in [1.54, 1.807) is 0 Å². The molecule has 1 aliphatic rings. The van der Waals surface area contributed by atoms with Crippen molar-refractivity contribution in [2.75, 3.05) is 19.6 Å². The van der Waals surface area contributed by atoms with Crippen LogP contribution in [-0.2, 0) is 0 Å². The maximum absolute atomic E-state index is 5.13. The molecule has 0 aliphatic carbocycles. The molecule has 0 bridgehead atoms. The highest BCUT2D eigenvalue weighted by atomic mass is 16.5. The van der Waals surface area contributed by atoms with E-state index in [0.717, 1.165) is 30.7 Å². The maximum atomic E-state index is 5.13. The molecule has 0 radical (unpaired) electrons. The summed E-state index contributed by atoms with van der Waals surface area (Å²) in [5.74, 6) is 2.75. The Morgan fingerprint density at radius 3 is 2.71 bits per heavy atom. The summed E-state index contributed by atoms with van der Waals surface area (Å²) < 4.78 is 5.13. The van der Waals surface area contributed by atoms with Crippen LogP contribution in [0.3, 0.4) is 0 Å². The van der Waals surface area contributed by atoms with Crippen LogP contribution in [0.2, 0.25) is 0 Å². The van der Waals surface area contributed by atoms with Crippen molar-refractivity contribution in [3.63, 3.8) is 0 Å². The van der Waals surface area contributed by atoms with Crippen molar-refractivity contribution in [2.45, 2.75) is 26.7 Å². The minimum Gasteiger partial charge on any atom is -0.339 e. The summed E-state index contributed by atoms with van der Waals surface area (Å²) >= 11 is 0. The van der Waals surface area contributed by atoms with Gasteiger partial charge < -0.3 is 9.42 Å². The van der Waals surface area contributed by atoms with Crippen molar-refractivity contribution in [1.82, 2.24) is 15.0 Å². The molecule has 1 aromatic heterocycles. The zero-order chi connectivity index (χ0) is 10.1. The van der Waals surface area contributed by atoms with Crippen LogP contribution in [0, 0.1) is 12.8 Å². The fourth-order valence-electron chi connectivity index (χ4n) is 1.87. The van der Waals surface area contributed by atoms with Gasteiger partial charge in [-0.3, -0.25) is 0 Å². The molecule has 0 spiro atoms. The summed E-state index contributed by atoms with van der Waals surface area (Å²) in [5, 5.41) is 3.80. The Morgan fingerprint density at radius 1 is 1.50 bits per heavy atom. The van der Waals surface area contributed by atoms with Gasteiger partial charge in [-0.1, -0.05) is 19.0 Å². The third-order valence-electron chi connectivity index (χ3n) is 2.47. The summed E-state index contributed by atoms with van der Waals surface area (Å²) in [7, 11) is 0. The lowest BCUT2D eigenvalue weighted by Gasteiger charge is -2.38. The van der Waals surface area contributed by atoms with Crippen LogP contribution >= 0.6 is 0 Å². The standard InChI is InChI=1S/C10H17N3O/c1-7(2)4-13-5-9(6-13)10-11-8(3)12-14-10/h7,9H,4-6H2,1-3H3. The first-order chi connectivity index (χ1) is 6.65. The van der Waals surface area contributed by atoms with Crippen molar-refractivity contribution >= 4 is 0 Å². The largest absolute Gasteiger partial charge is 0.339 e. The van der Waals surface area contributed by atoms with Gasteiger partial charge in [0.15, 0.2) is 5.82 Å². The van der Waals surface area contributed by atoms with Crippen LogP contribution in [0.25, 0.3) is 0 Å². The number of aryl methyl sites for hydroxylation is 1. The normalized spacial score (nSPS) is 18.9. The Balaban J connectivity index is 1.83. The zero-order valence-corrected chi connectivity index (χ0v) is 9.03. The smallest absolute Gasteiger partial charge is 0.232 e. The van der Waals surface area contributed by atoms with Crippen molar-refractivity contribution < 1.29 is 4.52 Å². The van der Waals surface area contributed by atoms with E-state index < -0.39 is 0 Å². The van der Waals surface area contributed by atoms with E-state index >= 15 is 0 Å². The Kier molecular flexibility index (Phi) is 2.54. The Labute approximate surface area is 84.3 Å². The summed E-state index contributed by atoms with van der Waals surface area (Å²) in [5.41, 5.74) is 0. The molecule has 78 valence electrons. The molecule has 0 atom stereocenters. The van der Waals surface area contributed by atoms with E-state index in [-0.39, 0.29) is 0 Å². The van der Waals surface area contributed by atoms with E-state index in [4.69, 9.17) is 4.52 Å². The molecule has 4 heteroatoms. The fraction of sp³-hybridized carbons (Fsp3) is 0.800. The van der Waals surface area contributed by atoms with E-state index in [0.29, 0.717) is 5.92 Å². The lowest BCUT2D eigenvalue weighted by atomic mass is 9.98. The monoisotopic (exact) mass is 195 g/mol. The van der Waals surface area contributed by atoms with Gasteiger partial charge >= 0.3 is 0 Å². The highest BCUT2D eigenvalue weighted by Crippen LogP contribution is 2.25. The lowest BCUT2D eigenvalue weighted by molar-refractivity contribution is 0.111. The second-order valence-electron chi connectivity index (χ2n) is 4.49. The Bertz CT molecular complexity index is 302. The van der Waals surface area contributed by atoms with Gasteiger partial charge in [0, 0.05) is 19.6 Å². The van der Waals surface area contributed by atoms with Crippen molar-refractivity contribution in [2.24, 2.45) is 5.92 Å². The molecule has 1 aromatic rings. The molecule has 14 heavy (non-hydrogen) atoms. The van der Waals surface area contributed by atoms with Gasteiger partial charge in [0.1, 0.15) is 0 Å². The quantitative estimate of drug-likeness (QED) is 0.731. The summed E-state index contributed by atoms with van der Waals surface area (Å²) in [6.45, 7) is 9.65. The molecule has 1 aliphatic heterocycles. The van der Waals surface area contributed by atoms with E-state index in [1.807, 2.05) is 6.92 Å². The third-order valence-corrected chi connectivity index (χ3v) is 2.47. The van der Waals surface area contributed by atoms with E-state index in [2.05, 4.69) is 28.9 Å². The Morgan fingerprint density at radius 2 is 2.21 bits per heavy atom. The second kappa shape index (κ2) is 3.69. The van der Waals surface area contributed by atoms with Gasteiger partial charge in [-0.25, -0.2) is 0 Å². The maximum Gasteiger partial charge on any atom is 0.232 e. The van der Waals surface area contributed by atoms with Crippen LogP contribution < -0.4 is 0 Å². The molecule has 0 amide bonds. The molecule has 0 unspecified atom stereocenters. The lowest BCUT2D eigenvalue weighted by Crippen LogP contribution is -2.46. The second-order valence-corrected chi connectivity index (χ2v) is 4.49. The number of hydrogen-bond acceptors (Lipinski definition) is 4. The van der Waals surface area contributed by atoms with Crippen LogP contribution in [0.5, 0.6) is 0 Å². The van der Waals surface area contributed by atoms with Crippen LogP contribution in [0.15, 0.2) is 4.52 Å². The van der Waals surface area contributed by atoms with Gasteiger partial charge in [0.25, 0.3) is 0 Å². The van der Waals surface area contributed by atoms with E-state index in [9.17, 15) is 0 Å². The zero-order valence-electron chi connectivity index (χ0n) is 9.03. The highest BCUT2D eigenvalue weighted by Gasteiger charge is 2.32. The molecule has 2 rings (SSSR count). The number of hydrogen-bond donors (Lipinski definition) is 0. The van der Waals surface area contributed by atoms with Gasteiger partial charge in [-0.15, -0.1) is 0 Å². The first-order valence-corrected chi connectivity index (χ1v) is 5.17. The average Bonchev–Trinajstić information content (AvgIpc) is 2.42. The average molecular weight is 195 g/mol. The summed E-state index contributed by atoms with van der Waals surface area (Å²) in [6.07, 6.45) is 0. The first kappa shape index (κ1) is 9.65. The molecule has 0 saturated carbocycles.